The summed E-state index contributed by atoms with van der Waals surface area (Å²) in [6.07, 6.45) is 0.0851. The van der Waals surface area contributed by atoms with E-state index in [2.05, 4.69) is 31.4 Å². The number of carbonyl (C=O) groups excluding carboxylic acids is 1. The quantitative estimate of drug-likeness (QED) is 0.789. The maximum absolute atomic E-state index is 11.5. The summed E-state index contributed by atoms with van der Waals surface area (Å²) in [5.74, 6) is 0.196. The van der Waals surface area contributed by atoms with E-state index in [-0.39, 0.29) is 17.3 Å². The third-order valence-corrected chi connectivity index (χ3v) is 2.34. The van der Waals surface area contributed by atoms with Crippen molar-refractivity contribution >= 4 is 28.8 Å². The van der Waals surface area contributed by atoms with E-state index in [0.29, 0.717) is 5.92 Å². The Bertz CT molecular complexity index is 402. The van der Waals surface area contributed by atoms with Crippen LogP contribution in [0.3, 0.4) is 0 Å². The maximum atomic E-state index is 11.5. The summed E-state index contributed by atoms with van der Waals surface area (Å²) in [5.41, 5.74) is 7.26. The first-order valence-electron chi connectivity index (χ1n) is 5.17. The number of nitrogens with two attached hydrogens (primary N) is 1. The van der Waals surface area contributed by atoms with Gasteiger partial charge < -0.3 is 11.1 Å². The number of hydrogen-bond acceptors (Lipinski definition) is 2. The largest absolute Gasteiger partial charge is 0.393 e. The first-order chi connectivity index (χ1) is 7.50. The fraction of sp³-hybridized carbons (Fsp3) is 0.333. The van der Waals surface area contributed by atoms with E-state index in [1.807, 2.05) is 24.3 Å². The van der Waals surface area contributed by atoms with Crippen LogP contribution in [-0.4, -0.2) is 10.9 Å². The van der Waals surface area contributed by atoms with Crippen LogP contribution in [0.2, 0.25) is 0 Å². The van der Waals surface area contributed by atoms with Crippen molar-refractivity contribution in [3.63, 3.8) is 0 Å². The summed E-state index contributed by atoms with van der Waals surface area (Å²) in [4.78, 5) is 11.7. The van der Waals surface area contributed by atoms with E-state index >= 15 is 0 Å². The van der Waals surface area contributed by atoms with E-state index in [0.717, 1.165) is 11.3 Å². The molecule has 0 aromatic heterocycles. The van der Waals surface area contributed by atoms with Crippen molar-refractivity contribution in [2.75, 3.05) is 5.32 Å². The van der Waals surface area contributed by atoms with Crippen LogP contribution in [0.1, 0.15) is 31.7 Å². The number of benzene rings is 1. The SMILES string of the molecule is CC(C)c1ccccc1NC(=O)CC(N)=S. The van der Waals surface area contributed by atoms with Crippen LogP contribution in [0, 0.1) is 0 Å². The van der Waals surface area contributed by atoms with Gasteiger partial charge in [-0.25, -0.2) is 0 Å². The number of hydrogen-bond donors (Lipinski definition) is 2. The first-order valence-corrected chi connectivity index (χ1v) is 5.58. The molecule has 1 amide bonds. The lowest BCUT2D eigenvalue weighted by Crippen LogP contribution is -2.20. The van der Waals surface area contributed by atoms with Gasteiger partial charge in [-0.15, -0.1) is 0 Å². The van der Waals surface area contributed by atoms with Gasteiger partial charge in [0.05, 0.1) is 11.4 Å². The number of rotatable bonds is 4. The molecule has 1 rings (SSSR count). The van der Waals surface area contributed by atoms with Gasteiger partial charge in [0.1, 0.15) is 0 Å². The van der Waals surface area contributed by atoms with E-state index in [1.54, 1.807) is 0 Å². The molecule has 86 valence electrons. The fourth-order valence-electron chi connectivity index (χ4n) is 1.47. The number of para-hydroxylation sites is 1. The lowest BCUT2D eigenvalue weighted by atomic mass is 10.0. The van der Waals surface area contributed by atoms with Gasteiger partial charge in [-0.1, -0.05) is 44.3 Å². The standard InChI is InChI=1S/C12H16N2OS/c1-8(2)9-5-3-4-6-10(9)14-12(15)7-11(13)16/h3-6,8H,7H2,1-2H3,(H2,13,16)(H,14,15). The molecule has 0 atom stereocenters. The van der Waals surface area contributed by atoms with Gasteiger partial charge in [0.25, 0.3) is 0 Å². The van der Waals surface area contributed by atoms with E-state index < -0.39 is 0 Å². The van der Waals surface area contributed by atoms with Crippen molar-refractivity contribution in [1.82, 2.24) is 0 Å². The molecule has 0 bridgehead atoms. The lowest BCUT2D eigenvalue weighted by Gasteiger charge is -2.13. The molecule has 0 radical (unpaired) electrons. The van der Waals surface area contributed by atoms with E-state index in [4.69, 9.17) is 5.73 Å². The number of nitrogens with one attached hydrogen (secondary N) is 1. The molecule has 0 heterocycles. The molecule has 0 unspecified atom stereocenters. The van der Waals surface area contributed by atoms with Crippen molar-refractivity contribution in [3.8, 4) is 0 Å². The van der Waals surface area contributed by atoms with Gasteiger partial charge in [-0.05, 0) is 17.5 Å². The van der Waals surface area contributed by atoms with Crippen molar-refractivity contribution in [1.29, 1.82) is 0 Å². The molecule has 1 aromatic carbocycles. The topological polar surface area (TPSA) is 55.1 Å². The third kappa shape index (κ3) is 3.62. The summed E-state index contributed by atoms with van der Waals surface area (Å²) in [6, 6.07) is 7.73. The second kappa shape index (κ2) is 5.61. The third-order valence-electron chi connectivity index (χ3n) is 2.19. The summed E-state index contributed by atoms with van der Waals surface area (Å²) >= 11 is 4.69. The Morgan fingerprint density at radius 2 is 2.06 bits per heavy atom. The number of carbonyl (C=O) groups is 1. The predicted molar refractivity (Wildman–Crippen MR) is 70.6 cm³/mol. The van der Waals surface area contributed by atoms with Crippen LogP contribution < -0.4 is 11.1 Å². The average molecular weight is 236 g/mol. The normalized spacial score (nSPS) is 10.2. The second-order valence-electron chi connectivity index (χ2n) is 3.93. The molecule has 4 heteroatoms. The van der Waals surface area contributed by atoms with Crippen molar-refractivity contribution in [2.45, 2.75) is 26.2 Å². The van der Waals surface area contributed by atoms with Crippen molar-refractivity contribution < 1.29 is 4.79 Å². The molecule has 0 aliphatic carbocycles. The molecule has 0 saturated carbocycles. The van der Waals surface area contributed by atoms with Gasteiger partial charge in [0.2, 0.25) is 5.91 Å². The maximum Gasteiger partial charge on any atom is 0.231 e. The Balaban J connectivity index is 2.80. The van der Waals surface area contributed by atoms with Crippen LogP contribution in [0.15, 0.2) is 24.3 Å². The van der Waals surface area contributed by atoms with Gasteiger partial charge in [0.15, 0.2) is 0 Å². The van der Waals surface area contributed by atoms with Crippen LogP contribution in [-0.2, 0) is 4.79 Å². The Morgan fingerprint density at radius 3 is 2.62 bits per heavy atom. The summed E-state index contributed by atoms with van der Waals surface area (Å²) in [5, 5.41) is 2.82. The lowest BCUT2D eigenvalue weighted by molar-refractivity contribution is -0.115. The smallest absolute Gasteiger partial charge is 0.231 e. The number of thiocarbonyl (C=S) groups is 1. The number of amides is 1. The molecule has 0 fully saturated rings. The molecule has 1 aromatic rings. The molecule has 16 heavy (non-hydrogen) atoms. The molecule has 0 saturated heterocycles. The zero-order chi connectivity index (χ0) is 12.1. The highest BCUT2D eigenvalue weighted by Crippen LogP contribution is 2.23. The van der Waals surface area contributed by atoms with Crippen LogP contribution in [0.4, 0.5) is 5.69 Å². The van der Waals surface area contributed by atoms with Crippen LogP contribution >= 0.6 is 12.2 Å². The molecule has 3 N–H and O–H groups in total. The predicted octanol–water partition coefficient (Wildman–Crippen LogP) is 2.42. The van der Waals surface area contributed by atoms with Gasteiger partial charge in [-0.3, -0.25) is 4.79 Å². The van der Waals surface area contributed by atoms with Crippen molar-refractivity contribution in [2.24, 2.45) is 5.73 Å². The monoisotopic (exact) mass is 236 g/mol. The molecular weight excluding hydrogens is 220 g/mol. The highest BCUT2D eigenvalue weighted by Gasteiger charge is 2.09. The summed E-state index contributed by atoms with van der Waals surface area (Å²) in [6.45, 7) is 4.16. The minimum absolute atomic E-state index is 0.0851. The molecular formula is C12H16N2OS. The van der Waals surface area contributed by atoms with Gasteiger partial charge in [0, 0.05) is 5.69 Å². The Morgan fingerprint density at radius 1 is 1.44 bits per heavy atom. The summed E-state index contributed by atoms with van der Waals surface area (Å²) in [7, 11) is 0. The first kappa shape index (κ1) is 12.6. The fourth-order valence-corrected chi connectivity index (χ4v) is 1.60. The number of anilines is 1. The highest BCUT2D eigenvalue weighted by atomic mass is 32.1. The average Bonchev–Trinajstić information content (AvgIpc) is 2.16. The minimum atomic E-state index is -0.166. The Hall–Kier alpha value is -1.42. The molecule has 0 aliphatic heterocycles. The second-order valence-corrected chi connectivity index (χ2v) is 4.46. The highest BCUT2D eigenvalue weighted by molar-refractivity contribution is 7.80. The van der Waals surface area contributed by atoms with Crippen LogP contribution in [0.25, 0.3) is 0 Å². The van der Waals surface area contributed by atoms with E-state index in [9.17, 15) is 4.79 Å². The van der Waals surface area contributed by atoms with Gasteiger partial charge in [-0.2, -0.15) is 0 Å². The van der Waals surface area contributed by atoms with E-state index in [1.165, 1.54) is 0 Å². The summed E-state index contributed by atoms with van der Waals surface area (Å²) < 4.78 is 0. The van der Waals surface area contributed by atoms with Crippen molar-refractivity contribution in [3.05, 3.63) is 29.8 Å². The Labute approximate surface area is 101 Å². The zero-order valence-corrected chi connectivity index (χ0v) is 10.3. The molecule has 0 spiro atoms. The minimum Gasteiger partial charge on any atom is -0.393 e. The van der Waals surface area contributed by atoms with Crippen LogP contribution in [0.5, 0.6) is 0 Å². The Kier molecular flexibility index (Phi) is 4.43. The molecule has 3 nitrogen and oxygen atoms in total. The zero-order valence-electron chi connectivity index (χ0n) is 9.49. The molecule has 0 aliphatic rings. The van der Waals surface area contributed by atoms with Gasteiger partial charge >= 0.3 is 0 Å².